The van der Waals surface area contributed by atoms with Crippen LogP contribution in [0.25, 0.3) is 10.8 Å². The molecule has 24 heavy (non-hydrogen) atoms. The molecule has 0 saturated heterocycles. The molecule has 3 aromatic rings. The van der Waals surface area contributed by atoms with Gasteiger partial charge in [0, 0.05) is 17.5 Å². The van der Waals surface area contributed by atoms with E-state index in [-0.39, 0.29) is 5.91 Å². The first-order valence-electron chi connectivity index (χ1n) is 8.54. The molecule has 0 spiro atoms. The molecule has 1 amide bonds. The van der Waals surface area contributed by atoms with Crippen molar-refractivity contribution in [3.05, 3.63) is 78.4 Å². The molecular formula is C22H23NO. The number of rotatable bonds is 6. The summed E-state index contributed by atoms with van der Waals surface area (Å²) in [6, 6.07) is 24.6. The summed E-state index contributed by atoms with van der Waals surface area (Å²) in [4.78, 5) is 12.4. The largest absolute Gasteiger partial charge is 0.326 e. The zero-order valence-corrected chi connectivity index (χ0v) is 14.0. The summed E-state index contributed by atoms with van der Waals surface area (Å²) in [6.07, 6.45) is 2.59. The molecule has 0 aliphatic carbocycles. The van der Waals surface area contributed by atoms with E-state index < -0.39 is 0 Å². The number of nitrogens with one attached hydrogen (secondary N) is 1. The van der Waals surface area contributed by atoms with Gasteiger partial charge in [-0.1, -0.05) is 73.7 Å². The first-order valence-corrected chi connectivity index (χ1v) is 8.54. The van der Waals surface area contributed by atoms with Crippen molar-refractivity contribution in [1.29, 1.82) is 0 Å². The minimum absolute atomic E-state index is 0.0897. The molecular weight excluding hydrogens is 294 g/mol. The predicted molar refractivity (Wildman–Crippen MR) is 101 cm³/mol. The molecule has 1 N–H and O–H groups in total. The Bertz CT molecular complexity index is 805. The second kappa shape index (κ2) is 7.78. The van der Waals surface area contributed by atoms with Gasteiger partial charge < -0.3 is 5.32 Å². The van der Waals surface area contributed by atoms with E-state index in [1.165, 1.54) is 5.56 Å². The minimum Gasteiger partial charge on any atom is -0.326 e. The second-order valence-electron chi connectivity index (χ2n) is 6.41. The van der Waals surface area contributed by atoms with Crippen molar-refractivity contribution in [3.63, 3.8) is 0 Å². The average Bonchev–Trinajstić information content (AvgIpc) is 2.61. The number of hydrogen-bond acceptors (Lipinski definition) is 1. The summed E-state index contributed by atoms with van der Waals surface area (Å²) in [7, 11) is 0. The Labute approximate surface area is 143 Å². The summed E-state index contributed by atoms with van der Waals surface area (Å²) < 4.78 is 0. The van der Waals surface area contributed by atoms with E-state index in [0.29, 0.717) is 12.3 Å². The minimum atomic E-state index is 0.0897. The van der Waals surface area contributed by atoms with Gasteiger partial charge in [0.25, 0.3) is 0 Å². The highest BCUT2D eigenvalue weighted by atomic mass is 16.1. The number of hydrogen-bond donors (Lipinski definition) is 1. The fourth-order valence-electron chi connectivity index (χ4n) is 3.01. The van der Waals surface area contributed by atoms with Gasteiger partial charge in [-0.15, -0.1) is 0 Å². The summed E-state index contributed by atoms with van der Waals surface area (Å²) >= 11 is 0. The van der Waals surface area contributed by atoms with Crippen LogP contribution < -0.4 is 5.32 Å². The van der Waals surface area contributed by atoms with Gasteiger partial charge in [0.1, 0.15) is 0 Å². The molecule has 0 radical (unpaired) electrons. The third kappa shape index (κ3) is 4.23. The Morgan fingerprint density at radius 1 is 0.917 bits per heavy atom. The molecule has 0 heterocycles. The van der Waals surface area contributed by atoms with Gasteiger partial charge in [-0.2, -0.15) is 0 Å². The quantitative estimate of drug-likeness (QED) is 0.644. The Morgan fingerprint density at radius 3 is 2.46 bits per heavy atom. The van der Waals surface area contributed by atoms with E-state index in [4.69, 9.17) is 0 Å². The van der Waals surface area contributed by atoms with Crippen LogP contribution in [-0.4, -0.2) is 5.91 Å². The molecule has 0 fully saturated rings. The van der Waals surface area contributed by atoms with Crippen molar-refractivity contribution >= 4 is 22.4 Å². The monoisotopic (exact) mass is 317 g/mol. The molecule has 1 atom stereocenters. The Hall–Kier alpha value is -2.61. The molecule has 122 valence electrons. The van der Waals surface area contributed by atoms with Crippen LogP contribution >= 0.6 is 0 Å². The number of carbonyl (C=O) groups excluding carboxylic acids is 1. The van der Waals surface area contributed by atoms with Crippen LogP contribution in [0.2, 0.25) is 0 Å². The first kappa shape index (κ1) is 16.3. The summed E-state index contributed by atoms with van der Waals surface area (Å²) in [5.41, 5.74) is 2.23. The van der Waals surface area contributed by atoms with Crippen molar-refractivity contribution in [2.75, 3.05) is 5.32 Å². The van der Waals surface area contributed by atoms with E-state index in [2.05, 4.69) is 48.6 Å². The smallest absolute Gasteiger partial charge is 0.224 e. The highest BCUT2D eigenvalue weighted by Gasteiger charge is 2.11. The van der Waals surface area contributed by atoms with Crippen LogP contribution in [0.5, 0.6) is 0 Å². The van der Waals surface area contributed by atoms with Gasteiger partial charge in [-0.05, 0) is 35.8 Å². The molecule has 1 unspecified atom stereocenters. The number of carbonyl (C=O) groups is 1. The van der Waals surface area contributed by atoms with Crippen molar-refractivity contribution < 1.29 is 4.79 Å². The zero-order valence-electron chi connectivity index (χ0n) is 14.0. The van der Waals surface area contributed by atoms with Gasteiger partial charge >= 0.3 is 0 Å². The molecule has 2 nitrogen and oxygen atoms in total. The fraction of sp³-hybridized carbons (Fsp3) is 0.227. The van der Waals surface area contributed by atoms with Crippen LogP contribution in [0.3, 0.4) is 0 Å². The maximum Gasteiger partial charge on any atom is 0.224 e. The van der Waals surface area contributed by atoms with Crippen molar-refractivity contribution in [2.24, 2.45) is 5.92 Å². The van der Waals surface area contributed by atoms with Gasteiger partial charge in [0.05, 0.1) is 0 Å². The van der Waals surface area contributed by atoms with Gasteiger partial charge in [-0.25, -0.2) is 0 Å². The zero-order chi connectivity index (χ0) is 16.8. The molecule has 0 aliphatic rings. The van der Waals surface area contributed by atoms with E-state index in [1.54, 1.807) is 0 Å². The van der Waals surface area contributed by atoms with Crippen LogP contribution in [-0.2, 0) is 11.2 Å². The number of fused-ring (bicyclic) bond motifs is 1. The Kier molecular flexibility index (Phi) is 5.27. The topological polar surface area (TPSA) is 29.1 Å². The maximum absolute atomic E-state index is 12.4. The summed E-state index contributed by atoms with van der Waals surface area (Å²) in [5, 5.41) is 5.31. The third-order valence-electron chi connectivity index (χ3n) is 4.37. The van der Waals surface area contributed by atoms with Crippen LogP contribution in [0.15, 0.2) is 72.8 Å². The molecule has 0 aromatic heterocycles. The van der Waals surface area contributed by atoms with Gasteiger partial charge in [-0.3, -0.25) is 4.79 Å². The van der Waals surface area contributed by atoms with E-state index >= 15 is 0 Å². The number of aryl methyl sites for hydroxylation is 1. The van der Waals surface area contributed by atoms with Crippen molar-refractivity contribution in [3.8, 4) is 0 Å². The predicted octanol–water partition coefficient (Wildman–Crippen LogP) is 5.44. The molecule has 3 aromatic carbocycles. The van der Waals surface area contributed by atoms with Crippen LogP contribution in [0.4, 0.5) is 5.69 Å². The molecule has 0 aliphatic heterocycles. The average molecular weight is 317 g/mol. The molecule has 3 rings (SSSR count). The lowest BCUT2D eigenvalue weighted by atomic mass is 9.98. The van der Waals surface area contributed by atoms with Crippen LogP contribution in [0, 0.1) is 5.92 Å². The van der Waals surface area contributed by atoms with Crippen molar-refractivity contribution in [1.82, 2.24) is 0 Å². The Balaban J connectivity index is 1.56. The lowest BCUT2D eigenvalue weighted by Gasteiger charge is -2.13. The molecule has 0 bridgehead atoms. The third-order valence-corrected chi connectivity index (χ3v) is 4.37. The van der Waals surface area contributed by atoms with E-state index in [1.807, 2.05) is 36.4 Å². The summed E-state index contributed by atoms with van der Waals surface area (Å²) in [6.45, 7) is 2.14. The summed E-state index contributed by atoms with van der Waals surface area (Å²) in [5.74, 6) is 0.451. The van der Waals surface area contributed by atoms with E-state index in [0.717, 1.165) is 29.3 Å². The lowest BCUT2D eigenvalue weighted by Crippen LogP contribution is -2.15. The normalized spacial score (nSPS) is 12.0. The molecule has 2 heteroatoms. The van der Waals surface area contributed by atoms with Gasteiger partial charge in [0.2, 0.25) is 5.91 Å². The van der Waals surface area contributed by atoms with Gasteiger partial charge in [0.15, 0.2) is 0 Å². The highest BCUT2D eigenvalue weighted by molar-refractivity contribution is 6.02. The van der Waals surface area contributed by atoms with Crippen molar-refractivity contribution in [2.45, 2.75) is 26.2 Å². The number of anilines is 1. The fourth-order valence-corrected chi connectivity index (χ4v) is 3.01. The highest BCUT2D eigenvalue weighted by Crippen LogP contribution is 2.23. The number of amides is 1. The SMILES string of the molecule is CC(CCc1ccccc1)CC(=O)Nc1cccc2ccccc12. The number of benzene rings is 3. The van der Waals surface area contributed by atoms with E-state index in [9.17, 15) is 4.79 Å². The Morgan fingerprint density at radius 2 is 1.62 bits per heavy atom. The lowest BCUT2D eigenvalue weighted by molar-refractivity contribution is -0.117. The second-order valence-corrected chi connectivity index (χ2v) is 6.41. The first-order chi connectivity index (χ1) is 11.7. The maximum atomic E-state index is 12.4. The van der Waals surface area contributed by atoms with Crippen LogP contribution in [0.1, 0.15) is 25.3 Å². The molecule has 0 saturated carbocycles. The standard InChI is InChI=1S/C22H23NO/c1-17(14-15-18-8-3-2-4-9-18)16-22(24)23-21-13-7-11-19-10-5-6-12-20(19)21/h2-13,17H,14-16H2,1H3,(H,23,24).